The quantitative estimate of drug-likeness (QED) is 0.786. The molecule has 0 bridgehead atoms. The van der Waals surface area contributed by atoms with Crippen LogP contribution in [0.4, 0.5) is 4.79 Å². The molecule has 1 atom stereocenters. The zero-order valence-electron chi connectivity index (χ0n) is 15.9. The molecule has 0 N–H and O–H groups in total. The van der Waals surface area contributed by atoms with Crippen molar-refractivity contribution < 1.29 is 14.3 Å². The maximum absolute atomic E-state index is 12.6. The lowest BCUT2D eigenvalue weighted by Crippen LogP contribution is -2.48. The van der Waals surface area contributed by atoms with E-state index >= 15 is 0 Å². The number of ether oxygens (including phenoxy) is 1. The number of carbonyl (C=O) groups excluding carboxylic acids is 2. The van der Waals surface area contributed by atoms with Crippen molar-refractivity contribution in [2.24, 2.45) is 0 Å². The van der Waals surface area contributed by atoms with Crippen LogP contribution in [0.2, 0.25) is 0 Å². The average molecular weight is 358 g/mol. The molecular formula is C19H26N4O3. The molecule has 7 heteroatoms. The Kier molecular flexibility index (Phi) is 4.98. The van der Waals surface area contributed by atoms with Crippen LogP contribution in [0.5, 0.6) is 0 Å². The number of likely N-dealkylation sites (tertiary alicyclic amines) is 1. The van der Waals surface area contributed by atoms with Crippen LogP contribution in [0.1, 0.15) is 57.6 Å². The molecule has 26 heavy (non-hydrogen) atoms. The van der Waals surface area contributed by atoms with Crippen LogP contribution >= 0.6 is 0 Å². The van der Waals surface area contributed by atoms with E-state index in [0.717, 1.165) is 19.3 Å². The maximum Gasteiger partial charge on any atom is 0.410 e. The summed E-state index contributed by atoms with van der Waals surface area (Å²) in [5.41, 5.74) is 0.831. The molecule has 0 aliphatic carbocycles. The minimum atomic E-state index is -0.535. The summed E-state index contributed by atoms with van der Waals surface area (Å²) in [4.78, 5) is 35.3. The summed E-state index contributed by atoms with van der Waals surface area (Å²) in [7, 11) is 0. The monoisotopic (exact) mass is 358 g/mol. The summed E-state index contributed by atoms with van der Waals surface area (Å²) in [6, 6.07) is 3.60. The molecule has 2 aromatic rings. The fourth-order valence-corrected chi connectivity index (χ4v) is 3.36. The third kappa shape index (κ3) is 3.86. The molecule has 7 nitrogen and oxygen atoms in total. The summed E-state index contributed by atoms with van der Waals surface area (Å²) in [6.45, 7) is 8.25. The first-order valence-corrected chi connectivity index (χ1v) is 9.08. The SMILES string of the molecule is CC(=O)c1nc2cccnc2n1CC1CCCCN1C(=O)OC(C)(C)C. The zero-order valence-corrected chi connectivity index (χ0v) is 15.9. The average Bonchev–Trinajstić information content (AvgIpc) is 2.93. The standard InChI is InChI=1S/C19H26N4O3/c1-13(24)16-21-15-9-7-10-20-17(15)23(16)12-14-8-5-6-11-22(14)18(25)26-19(2,3)4/h7,9-10,14H,5-6,8,11-12H2,1-4H3. The first kappa shape index (κ1) is 18.4. The minimum absolute atomic E-state index is 0.0453. The molecular weight excluding hydrogens is 332 g/mol. The van der Waals surface area contributed by atoms with Crippen LogP contribution in [0, 0.1) is 0 Å². The van der Waals surface area contributed by atoms with Gasteiger partial charge in [0, 0.05) is 26.2 Å². The number of nitrogens with zero attached hydrogens (tertiary/aromatic N) is 4. The molecule has 0 radical (unpaired) electrons. The Labute approximate surface area is 153 Å². The number of carbonyl (C=O) groups is 2. The van der Waals surface area contributed by atoms with E-state index in [9.17, 15) is 9.59 Å². The number of imidazole rings is 1. The Morgan fingerprint density at radius 3 is 2.77 bits per heavy atom. The Hall–Kier alpha value is -2.44. The Balaban J connectivity index is 1.91. The van der Waals surface area contributed by atoms with Gasteiger partial charge in [0.2, 0.25) is 0 Å². The smallest absolute Gasteiger partial charge is 0.410 e. The molecule has 1 unspecified atom stereocenters. The number of aromatic nitrogens is 3. The lowest BCUT2D eigenvalue weighted by molar-refractivity contribution is 0.00787. The Morgan fingerprint density at radius 2 is 2.08 bits per heavy atom. The van der Waals surface area contributed by atoms with Crippen molar-refractivity contribution in [2.45, 2.75) is 65.1 Å². The summed E-state index contributed by atoms with van der Waals surface area (Å²) in [5, 5.41) is 0. The first-order valence-electron chi connectivity index (χ1n) is 9.08. The van der Waals surface area contributed by atoms with Crippen LogP contribution in [-0.4, -0.2) is 49.5 Å². The zero-order chi connectivity index (χ0) is 18.9. The van der Waals surface area contributed by atoms with Gasteiger partial charge in [-0.3, -0.25) is 4.79 Å². The molecule has 3 rings (SSSR count). The summed E-state index contributed by atoms with van der Waals surface area (Å²) < 4.78 is 7.41. The highest BCUT2D eigenvalue weighted by atomic mass is 16.6. The number of rotatable bonds is 3. The van der Waals surface area contributed by atoms with Crippen molar-refractivity contribution in [1.82, 2.24) is 19.4 Å². The molecule has 1 amide bonds. The van der Waals surface area contributed by atoms with Crippen molar-refractivity contribution in [3.8, 4) is 0 Å². The molecule has 1 fully saturated rings. The summed E-state index contributed by atoms with van der Waals surface area (Å²) in [6.07, 6.45) is 4.25. The largest absolute Gasteiger partial charge is 0.444 e. The van der Waals surface area contributed by atoms with Crippen molar-refractivity contribution >= 4 is 23.0 Å². The highest BCUT2D eigenvalue weighted by Crippen LogP contribution is 2.24. The normalized spacial score (nSPS) is 18.2. The number of ketones is 1. The number of Topliss-reactive ketones (excluding diaryl/α,β-unsaturated/α-hetero) is 1. The molecule has 140 valence electrons. The second-order valence-corrected chi connectivity index (χ2v) is 7.77. The van der Waals surface area contributed by atoms with Crippen LogP contribution in [-0.2, 0) is 11.3 Å². The van der Waals surface area contributed by atoms with E-state index < -0.39 is 5.60 Å². The maximum atomic E-state index is 12.6. The van der Waals surface area contributed by atoms with E-state index in [0.29, 0.717) is 30.1 Å². The van der Waals surface area contributed by atoms with Gasteiger partial charge in [0.1, 0.15) is 11.1 Å². The number of fused-ring (bicyclic) bond motifs is 1. The van der Waals surface area contributed by atoms with Crippen molar-refractivity contribution in [3.63, 3.8) is 0 Å². The molecule has 1 aliphatic heterocycles. The van der Waals surface area contributed by atoms with Gasteiger partial charge >= 0.3 is 6.09 Å². The number of pyridine rings is 1. The number of hydrogen-bond donors (Lipinski definition) is 0. The van der Waals surface area contributed by atoms with Gasteiger partial charge in [-0.1, -0.05) is 0 Å². The number of hydrogen-bond acceptors (Lipinski definition) is 5. The second-order valence-electron chi connectivity index (χ2n) is 7.77. The van der Waals surface area contributed by atoms with Crippen molar-refractivity contribution in [3.05, 3.63) is 24.2 Å². The molecule has 1 saturated heterocycles. The van der Waals surface area contributed by atoms with Gasteiger partial charge in [-0.05, 0) is 52.2 Å². The fourth-order valence-electron chi connectivity index (χ4n) is 3.36. The van der Waals surface area contributed by atoms with Gasteiger partial charge in [0.25, 0.3) is 0 Å². The van der Waals surface area contributed by atoms with Crippen LogP contribution in [0.3, 0.4) is 0 Å². The van der Waals surface area contributed by atoms with Crippen LogP contribution < -0.4 is 0 Å². The molecule has 0 spiro atoms. The molecule has 3 heterocycles. The van der Waals surface area contributed by atoms with Crippen molar-refractivity contribution in [1.29, 1.82) is 0 Å². The summed E-state index contributed by atoms with van der Waals surface area (Å²) in [5.74, 6) is 0.274. The Bertz CT molecular complexity index is 822. The van der Waals surface area contributed by atoms with E-state index in [-0.39, 0.29) is 17.9 Å². The van der Waals surface area contributed by atoms with E-state index in [4.69, 9.17) is 4.74 Å². The Morgan fingerprint density at radius 1 is 1.31 bits per heavy atom. The van der Waals surface area contributed by atoms with Gasteiger partial charge in [-0.2, -0.15) is 0 Å². The van der Waals surface area contributed by atoms with Crippen LogP contribution in [0.15, 0.2) is 18.3 Å². The topological polar surface area (TPSA) is 77.3 Å². The molecule has 1 aliphatic rings. The summed E-state index contributed by atoms with van der Waals surface area (Å²) >= 11 is 0. The van der Waals surface area contributed by atoms with E-state index in [2.05, 4.69) is 9.97 Å². The second kappa shape index (κ2) is 7.05. The first-order chi connectivity index (χ1) is 12.3. The number of amides is 1. The predicted octanol–water partition coefficient (Wildman–Crippen LogP) is 3.42. The molecule has 2 aromatic heterocycles. The van der Waals surface area contributed by atoms with Gasteiger partial charge in [0.15, 0.2) is 17.3 Å². The van der Waals surface area contributed by atoms with Gasteiger partial charge in [-0.25, -0.2) is 14.8 Å². The lowest BCUT2D eigenvalue weighted by atomic mass is 10.0. The molecule has 0 saturated carbocycles. The number of piperidine rings is 1. The molecule has 0 aromatic carbocycles. The minimum Gasteiger partial charge on any atom is -0.444 e. The lowest BCUT2D eigenvalue weighted by Gasteiger charge is -2.37. The van der Waals surface area contributed by atoms with Gasteiger partial charge < -0.3 is 14.2 Å². The fraction of sp³-hybridized carbons (Fsp3) is 0.579. The predicted molar refractivity (Wildman–Crippen MR) is 98.1 cm³/mol. The third-order valence-electron chi connectivity index (χ3n) is 4.47. The van der Waals surface area contributed by atoms with Crippen LogP contribution in [0.25, 0.3) is 11.2 Å². The van der Waals surface area contributed by atoms with E-state index in [1.807, 2.05) is 31.4 Å². The third-order valence-corrected chi connectivity index (χ3v) is 4.47. The van der Waals surface area contributed by atoms with Crippen molar-refractivity contribution in [2.75, 3.05) is 6.54 Å². The van der Waals surface area contributed by atoms with Gasteiger partial charge in [-0.15, -0.1) is 0 Å². The highest BCUT2D eigenvalue weighted by Gasteiger charge is 2.32. The van der Waals surface area contributed by atoms with E-state index in [1.54, 1.807) is 17.2 Å². The van der Waals surface area contributed by atoms with Gasteiger partial charge in [0.05, 0.1) is 6.04 Å². The highest BCUT2D eigenvalue weighted by molar-refractivity contribution is 5.94. The van der Waals surface area contributed by atoms with E-state index in [1.165, 1.54) is 6.92 Å².